The van der Waals surface area contributed by atoms with E-state index in [0.717, 1.165) is 23.3 Å². The van der Waals surface area contributed by atoms with Crippen molar-refractivity contribution in [2.45, 2.75) is 27.2 Å². The fraction of sp³-hybridized carbons (Fsp3) is 0.304. The second-order valence-corrected chi connectivity index (χ2v) is 6.57. The van der Waals surface area contributed by atoms with Crippen LogP contribution in [0.3, 0.4) is 0 Å². The predicted molar refractivity (Wildman–Crippen MR) is 112 cm³/mol. The number of fused-ring (bicyclic) bond motifs is 1. The largest absolute Gasteiger partial charge is 0.490 e. The Morgan fingerprint density at radius 2 is 1.76 bits per heavy atom. The van der Waals surface area contributed by atoms with Crippen molar-refractivity contribution in [3.8, 4) is 11.5 Å². The highest BCUT2D eigenvalue weighted by Gasteiger charge is 2.16. The molecule has 3 rings (SSSR count). The summed E-state index contributed by atoms with van der Waals surface area (Å²) in [5.41, 5.74) is 2.29. The van der Waals surface area contributed by atoms with Crippen LogP contribution in [-0.2, 0) is 11.2 Å². The lowest BCUT2D eigenvalue weighted by Gasteiger charge is -2.14. The molecule has 6 nitrogen and oxygen atoms in total. The summed E-state index contributed by atoms with van der Waals surface area (Å²) in [4.78, 5) is 27.8. The monoisotopic (exact) mass is 395 g/mol. The van der Waals surface area contributed by atoms with E-state index in [1.165, 1.54) is 6.20 Å². The lowest BCUT2D eigenvalue weighted by atomic mass is 10.1. The summed E-state index contributed by atoms with van der Waals surface area (Å²) in [5.74, 6) is 0.796. The summed E-state index contributed by atoms with van der Waals surface area (Å²) >= 11 is 0. The summed E-state index contributed by atoms with van der Waals surface area (Å²) in [6, 6.07) is 11.4. The van der Waals surface area contributed by atoms with Crippen molar-refractivity contribution < 1.29 is 19.0 Å². The number of aryl methyl sites for hydroxylation is 2. The van der Waals surface area contributed by atoms with E-state index in [0.29, 0.717) is 29.9 Å². The highest BCUT2D eigenvalue weighted by molar-refractivity contribution is 5.94. The number of ether oxygens (including phenoxy) is 3. The third-order valence-electron chi connectivity index (χ3n) is 4.63. The molecule has 0 fully saturated rings. The van der Waals surface area contributed by atoms with E-state index in [2.05, 4.69) is 4.98 Å². The van der Waals surface area contributed by atoms with Crippen LogP contribution in [0.4, 0.5) is 0 Å². The van der Waals surface area contributed by atoms with Gasteiger partial charge in [0.1, 0.15) is 30.3 Å². The molecular formula is C23H25NO5. The average molecular weight is 395 g/mol. The number of rotatable bonds is 8. The maximum atomic E-state index is 12.7. The Kier molecular flexibility index (Phi) is 6.54. The standard InChI is InChI=1S/C23H25NO5/c1-4-16-12-19-17(22(25)18(14-24-19)23(26)27-5-2)13-21(16)29-11-10-28-20-9-7-6-8-15(20)3/h6-9,12-14H,4-5,10-11H2,1-3H3,(H,24,25). The molecule has 0 bridgehead atoms. The first-order valence-electron chi connectivity index (χ1n) is 9.71. The Bertz CT molecular complexity index is 1070. The van der Waals surface area contributed by atoms with Gasteiger partial charge in [0.05, 0.1) is 12.0 Å². The van der Waals surface area contributed by atoms with Gasteiger partial charge in [-0.1, -0.05) is 25.1 Å². The first kappa shape index (κ1) is 20.5. The smallest absolute Gasteiger partial charge is 0.343 e. The number of carbonyl (C=O) groups is 1. The van der Waals surface area contributed by atoms with Crippen LogP contribution < -0.4 is 14.9 Å². The summed E-state index contributed by atoms with van der Waals surface area (Å²) in [5, 5.41) is 0.391. The number of nitrogens with one attached hydrogen (secondary N) is 1. The van der Waals surface area contributed by atoms with E-state index in [4.69, 9.17) is 14.2 Å². The van der Waals surface area contributed by atoms with Crippen molar-refractivity contribution in [2.75, 3.05) is 19.8 Å². The zero-order valence-electron chi connectivity index (χ0n) is 16.9. The van der Waals surface area contributed by atoms with E-state index >= 15 is 0 Å². The summed E-state index contributed by atoms with van der Waals surface area (Å²) in [6.45, 7) is 6.63. The van der Waals surface area contributed by atoms with Gasteiger partial charge in [-0.25, -0.2) is 4.79 Å². The SMILES string of the molecule is CCOC(=O)c1c[nH]c2cc(CC)c(OCCOc3ccccc3C)cc2c1=O. The lowest BCUT2D eigenvalue weighted by molar-refractivity contribution is 0.0524. The molecule has 2 aromatic carbocycles. The van der Waals surface area contributed by atoms with Crippen LogP contribution in [-0.4, -0.2) is 30.8 Å². The van der Waals surface area contributed by atoms with Crippen molar-refractivity contribution in [1.82, 2.24) is 4.98 Å². The minimum atomic E-state index is -0.635. The van der Waals surface area contributed by atoms with Crippen LogP contribution in [0.5, 0.6) is 11.5 Å². The fourth-order valence-electron chi connectivity index (χ4n) is 3.09. The molecule has 1 N–H and O–H groups in total. The Hall–Kier alpha value is -3.28. The summed E-state index contributed by atoms with van der Waals surface area (Å²) in [7, 11) is 0. The maximum Gasteiger partial charge on any atom is 0.343 e. The number of aromatic amines is 1. The number of hydrogen-bond acceptors (Lipinski definition) is 5. The number of aromatic nitrogens is 1. The quantitative estimate of drug-likeness (QED) is 0.460. The Balaban J connectivity index is 1.80. The van der Waals surface area contributed by atoms with Gasteiger partial charge < -0.3 is 19.2 Å². The third kappa shape index (κ3) is 4.59. The van der Waals surface area contributed by atoms with Crippen LogP contribution in [0, 0.1) is 6.92 Å². The molecule has 1 aromatic heterocycles. The Labute approximate surface area is 169 Å². The number of esters is 1. The van der Waals surface area contributed by atoms with Gasteiger partial charge in [0, 0.05) is 11.7 Å². The highest BCUT2D eigenvalue weighted by atomic mass is 16.5. The molecule has 1 heterocycles. The van der Waals surface area contributed by atoms with Crippen molar-refractivity contribution in [2.24, 2.45) is 0 Å². The van der Waals surface area contributed by atoms with E-state index in [1.54, 1.807) is 13.0 Å². The van der Waals surface area contributed by atoms with E-state index in [-0.39, 0.29) is 17.6 Å². The number of para-hydroxylation sites is 1. The van der Waals surface area contributed by atoms with Gasteiger partial charge in [-0.2, -0.15) is 0 Å². The normalized spacial score (nSPS) is 10.7. The number of carbonyl (C=O) groups excluding carboxylic acids is 1. The molecule has 0 radical (unpaired) electrons. The zero-order chi connectivity index (χ0) is 20.8. The van der Waals surface area contributed by atoms with Crippen LogP contribution in [0.15, 0.2) is 47.4 Å². The second-order valence-electron chi connectivity index (χ2n) is 6.57. The van der Waals surface area contributed by atoms with Gasteiger partial charge in [0.15, 0.2) is 0 Å². The molecule has 0 amide bonds. The van der Waals surface area contributed by atoms with Crippen molar-refractivity contribution >= 4 is 16.9 Å². The minimum Gasteiger partial charge on any atom is -0.490 e. The Morgan fingerprint density at radius 1 is 1.03 bits per heavy atom. The predicted octanol–water partition coefficient (Wildman–Crippen LogP) is 4.03. The van der Waals surface area contributed by atoms with Gasteiger partial charge in [-0.05, 0) is 49.6 Å². The number of benzene rings is 2. The molecule has 0 saturated heterocycles. The van der Waals surface area contributed by atoms with Gasteiger partial charge in [0.25, 0.3) is 0 Å². The highest BCUT2D eigenvalue weighted by Crippen LogP contribution is 2.24. The van der Waals surface area contributed by atoms with Gasteiger partial charge in [-0.3, -0.25) is 4.79 Å². The van der Waals surface area contributed by atoms with Gasteiger partial charge in [-0.15, -0.1) is 0 Å². The Morgan fingerprint density at radius 3 is 2.45 bits per heavy atom. The molecule has 29 heavy (non-hydrogen) atoms. The summed E-state index contributed by atoms with van der Waals surface area (Å²) < 4.78 is 16.6. The molecule has 0 atom stereocenters. The molecule has 0 aliphatic rings. The summed E-state index contributed by atoms with van der Waals surface area (Å²) in [6.07, 6.45) is 2.14. The van der Waals surface area contributed by atoms with Gasteiger partial charge in [0.2, 0.25) is 5.43 Å². The van der Waals surface area contributed by atoms with Crippen molar-refractivity contribution in [3.05, 3.63) is 69.5 Å². The molecule has 3 aromatic rings. The van der Waals surface area contributed by atoms with Crippen molar-refractivity contribution in [1.29, 1.82) is 0 Å². The first-order chi connectivity index (χ1) is 14.0. The van der Waals surface area contributed by atoms with Gasteiger partial charge >= 0.3 is 5.97 Å². The number of hydrogen-bond donors (Lipinski definition) is 1. The van der Waals surface area contributed by atoms with E-state index in [1.807, 2.05) is 44.2 Å². The molecule has 152 valence electrons. The van der Waals surface area contributed by atoms with Crippen LogP contribution >= 0.6 is 0 Å². The molecule has 0 unspecified atom stereocenters. The maximum absolute atomic E-state index is 12.7. The number of H-pyrrole nitrogens is 1. The molecule has 0 aliphatic carbocycles. The average Bonchev–Trinajstić information content (AvgIpc) is 2.72. The first-order valence-corrected chi connectivity index (χ1v) is 9.71. The van der Waals surface area contributed by atoms with Crippen LogP contribution in [0.1, 0.15) is 35.3 Å². The minimum absolute atomic E-state index is 0.0163. The van der Waals surface area contributed by atoms with E-state index in [9.17, 15) is 9.59 Å². The molecule has 6 heteroatoms. The number of pyridine rings is 1. The second kappa shape index (κ2) is 9.28. The molecule has 0 saturated carbocycles. The van der Waals surface area contributed by atoms with Crippen LogP contribution in [0.25, 0.3) is 10.9 Å². The van der Waals surface area contributed by atoms with Crippen LogP contribution in [0.2, 0.25) is 0 Å². The fourth-order valence-corrected chi connectivity index (χ4v) is 3.09. The third-order valence-corrected chi connectivity index (χ3v) is 4.63. The topological polar surface area (TPSA) is 77.6 Å². The van der Waals surface area contributed by atoms with Crippen molar-refractivity contribution in [3.63, 3.8) is 0 Å². The molecule has 0 spiro atoms. The molecule has 0 aliphatic heterocycles. The lowest BCUT2D eigenvalue weighted by Crippen LogP contribution is -2.18. The zero-order valence-corrected chi connectivity index (χ0v) is 16.9. The van der Waals surface area contributed by atoms with E-state index < -0.39 is 5.97 Å². The molecular weight excluding hydrogens is 370 g/mol.